The van der Waals surface area contributed by atoms with E-state index in [1.807, 2.05) is 12.4 Å². The molecule has 94 valence electrons. The summed E-state index contributed by atoms with van der Waals surface area (Å²) in [6, 6.07) is 10.7. The van der Waals surface area contributed by atoms with Crippen molar-refractivity contribution in [3.05, 3.63) is 63.9 Å². The second-order valence-electron chi connectivity index (χ2n) is 4.42. The molecule has 0 aliphatic rings. The van der Waals surface area contributed by atoms with Gasteiger partial charge in [-0.15, -0.1) is 0 Å². The standard InChI is InChI=1S/C15H15Br2N/c1-11-4-2-3-5-15(11)13(8-16)6-12-7-14(17)10-18-9-12/h2-5,7,9-10,13H,6,8H2,1H3. The third-order valence-corrected chi connectivity index (χ3v) is 4.27. The van der Waals surface area contributed by atoms with E-state index in [9.17, 15) is 0 Å². The molecule has 0 N–H and O–H groups in total. The van der Waals surface area contributed by atoms with Crippen LogP contribution >= 0.6 is 31.9 Å². The normalized spacial score (nSPS) is 12.4. The van der Waals surface area contributed by atoms with Crippen molar-refractivity contribution < 1.29 is 0 Å². The molecule has 0 fully saturated rings. The summed E-state index contributed by atoms with van der Waals surface area (Å²) in [6.45, 7) is 2.17. The van der Waals surface area contributed by atoms with Crippen molar-refractivity contribution in [2.24, 2.45) is 0 Å². The minimum Gasteiger partial charge on any atom is -0.263 e. The van der Waals surface area contributed by atoms with Gasteiger partial charge in [0.05, 0.1) is 0 Å². The summed E-state index contributed by atoms with van der Waals surface area (Å²) >= 11 is 7.10. The number of rotatable bonds is 4. The van der Waals surface area contributed by atoms with E-state index in [2.05, 4.69) is 74.1 Å². The molecule has 0 spiro atoms. The van der Waals surface area contributed by atoms with Gasteiger partial charge in [-0.25, -0.2) is 0 Å². The molecule has 18 heavy (non-hydrogen) atoms. The van der Waals surface area contributed by atoms with Gasteiger partial charge in [0.25, 0.3) is 0 Å². The number of alkyl halides is 1. The third kappa shape index (κ3) is 3.42. The monoisotopic (exact) mass is 367 g/mol. The molecule has 2 aromatic rings. The average molecular weight is 369 g/mol. The van der Waals surface area contributed by atoms with Gasteiger partial charge in [0.15, 0.2) is 0 Å². The second kappa shape index (κ2) is 6.48. The Hall–Kier alpha value is -0.670. The fourth-order valence-corrected chi connectivity index (χ4v) is 3.13. The van der Waals surface area contributed by atoms with Gasteiger partial charge in [0.1, 0.15) is 0 Å². The van der Waals surface area contributed by atoms with Crippen LogP contribution in [-0.2, 0) is 6.42 Å². The van der Waals surface area contributed by atoms with E-state index in [1.54, 1.807) is 0 Å². The molecule has 0 bridgehead atoms. The molecule has 1 atom stereocenters. The zero-order chi connectivity index (χ0) is 13.0. The van der Waals surface area contributed by atoms with Gasteiger partial charge in [0, 0.05) is 22.2 Å². The Morgan fingerprint density at radius 1 is 1.22 bits per heavy atom. The van der Waals surface area contributed by atoms with E-state index < -0.39 is 0 Å². The quantitative estimate of drug-likeness (QED) is 0.701. The first kappa shape index (κ1) is 13.8. The lowest BCUT2D eigenvalue weighted by atomic mass is 9.91. The van der Waals surface area contributed by atoms with Gasteiger partial charge >= 0.3 is 0 Å². The van der Waals surface area contributed by atoms with Crippen LogP contribution in [0.2, 0.25) is 0 Å². The summed E-state index contributed by atoms with van der Waals surface area (Å²) in [7, 11) is 0. The van der Waals surface area contributed by atoms with Crippen LogP contribution in [0.4, 0.5) is 0 Å². The molecule has 0 amide bonds. The van der Waals surface area contributed by atoms with Crippen LogP contribution in [0.15, 0.2) is 47.2 Å². The fourth-order valence-electron chi connectivity index (χ4n) is 2.14. The van der Waals surface area contributed by atoms with Crippen molar-refractivity contribution in [1.82, 2.24) is 4.98 Å². The van der Waals surface area contributed by atoms with Crippen molar-refractivity contribution in [3.8, 4) is 0 Å². The van der Waals surface area contributed by atoms with Gasteiger partial charge in [-0.3, -0.25) is 4.98 Å². The largest absolute Gasteiger partial charge is 0.263 e. The number of aryl methyl sites for hydroxylation is 1. The highest BCUT2D eigenvalue weighted by Crippen LogP contribution is 2.26. The third-order valence-electron chi connectivity index (χ3n) is 3.06. The van der Waals surface area contributed by atoms with Gasteiger partial charge in [-0.2, -0.15) is 0 Å². The summed E-state index contributed by atoms with van der Waals surface area (Å²) in [5.41, 5.74) is 4.02. The van der Waals surface area contributed by atoms with E-state index in [1.165, 1.54) is 16.7 Å². The van der Waals surface area contributed by atoms with E-state index in [4.69, 9.17) is 0 Å². The van der Waals surface area contributed by atoms with Crippen molar-refractivity contribution >= 4 is 31.9 Å². The second-order valence-corrected chi connectivity index (χ2v) is 5.99. The SMILES string of the molecule is Cc1ccccc1C(CBr)Cc1cncc(Br)c1. The van der Waals surface area contributed by atoms with Crippen molar-refractivity contribution in [3.63, 3.8) is 0 Å². The van der Waals surface area contributed by atoms with Gasteiger partial charge in [-0.1, -0.05) is 40.2 Å². The molecule has 1 nitrogen and oxygen atoms in total. The number of halogens is 2. The highest BCUT2D eigenvalue weighted by Gasteiger charge is 2.13. The Morgan fingerprint density at radius 2 is 2.00 bits per heavy atom. The first-order chi connectivity index (χ1) is 8.70. The number of aromatic nitrogens is 1. The maximum atomic E-state index is 4.23. The van der Waals surface area contributed by atoms with Crippen LogP contribution in [-0.4, -0.2) is 10.3 Å². The van der Waals surface area contributed by atoms with Crippen LogP contribution in [0, 0.1) is 6.92 Å². The summed E-state index contributed by atoms with van der Waals surface area (Å²) < 4.78 is 1.04. The van der Waals surface area contributed by atoms with E-state index in [-0.39, 0.29) is 0 Å². The average Bonchev–Trinajstić information content (AvgIpc) is 2.37. The van der Waals surface area contributed by atoms with Crippen molar-refractivity contribution in [2.45, 2.75) is 19.3 Å². The minimum atomic E-state index is 0.488. The molecule has 0 aliphatic carbocycles. The lowest BCUT2D eigenvalue weighted by molar-refractivity contribution is 0.765. The summed E-state index contributed by atoms with van der Waals surface area (Å²) in [5, 5.41) is 0.963. The molecular formula is C15H15Br2N. The highest BCUT2D eigenvalue weighted by atomic mass is 79.9. The molecule has 3 heteroatoms. The molecule has 1 unspecified atom stereocenters. The summed E-state index contributed by atoms with van der Waals surface area (Å²) in [4.78, 5) is 4.23. The topological polar surface area (TPSA) is 12.9 Å². The Labute approximate surface area is 125 Å². The molecule has 0 aliphatic heterocycles. The molecule has 1 aromatic heterocycles. The van der Waals surface area contributed by atoms with Gasteiger partial charge in [0.2, 0.25) is 0 Å². The molecule has 0 radical (unpaired) electrons. The summed E-state index contributed by atoms with van der Waals surface area (Å²) in [5.74, 6) is 0.488. The maximum absolute atomic E-state index is 4.23. The van der Waals surface area contributed by atoms with Crippen LogP contribution in [0.3, 0.4) is 0 Å². The first-order valence-electron chi connectivity index (χ1n) is 5.91. The zero-order valence-corrected chi connectivity index (χ0v) is 13.4. The summed E-state index contributed by atoms with van der Waals surface area (Å²) in [6.07, 6.45) is 4.77. The van der Waals surface area contributed by atoms with Crippen LogP contribution in [0.1, 0.15) is 22.6 Å². The Balaban J connectivity index is 2.23. The van der Waals surface area contributed by atoms with Gasteiger partial charge < -0.3 is 0 Å². The minimum absolute atomic E-state index is 0.488. The van der Waals surface area contributed by atoms with Gasteiger partial charge in [-0.05, 0) is 57.9 Å². The van der Waals surface area contributed by atoms with Crippen LogP contribution in [0.5, 0.6) is 0 Å². The zero-order valence-electron chi connectivity index (χ0n) is 10.2. The van der Waals surface area contributed by atoms with Crippen LogP contribution in [0.25, 0.3) is 0 Å². The number of hydrogen-bond acceptors (Lipinski definition) is 1. The molecule has 1 heterocycles. The van der Waals surface area contributed by atoms with E-state index in [0.717, 1.165) is 16.2 Å². The predicted molar refractivity (Wildman–Crippen MR) is 83.4 cm³/mol. The smallest absolute Gasteiger partial charge is 0.0410 e. The van der Waals surface area contributed by atoms with Crippen molar-refractivity contribution in [2.75, 3.05) is 5.33 Å². The number of hydrogen-bond donors (Lipinski definition) is 0. The number of nitrogens with zero attached hydrogens (tertiary/aromatic N) is 1. The maximum Gasteiger partial charge on any atom is 0.0410 e. The molecular weight excluding hydrogens is 354 g/mol. The highest BCUT2D eigenvalue weighted by molar-refractivity contribution is 9.10. The van der Waals surface area contributed by atoms with Crippen molar-refractivity contribution in [1.29, 1.82) is 0 Å². The van der Waals surface area contributed by atoms with E-state index >= 15 is 0 Å². The number of pyridine rings is 1. The van der Waals surface area contributed by atoms with E-state index in [0.29, 0.717) is 5.92 Å². The Morgan fingerprint density at radius 3 is 2.67 bits per heavy atom. The predicted octanol–water partition coefficient (Wildman–Crippen LogP) is 4.87. The fraction of sp³-hybridized carbons (Fsp3) is 0.267. The lowest BCUT2D eigenvalue weighted by Gasteiger charge is -2.17. The Kier molecular flexibility index (Phi) is 4.95. The molecule has 2 rings (SSSR count). The molecule has 0 saturated carbocycles. The molecule has 0 saturated heterocycles. The first-order valence-corrected chi connectivity index (χ1v) is 7.83. The lowest BCUT2D eigenvalue weighted by Crippen LogP contribution is -2.06. The molecule has 1 aromatic carbocycles. The Bertz CT molecular complexity index is 525. The number of benzene rings is 1. The van der Waals surface area contributed by atoms with Crippen LogP contribution < -0.4 is 0 Å².